The zero-order valence-corrected chi connectivity index (χ0v) is 12.8. The van der Waals surface area contributed by atoms with Gasteiger partial charge in [0.05, 0.1) is 10.3 Å². The lowest BCUT2D eigenvalue weighted by atomic mass is 9.90. The van der Waals surface area contributed by atoms with Crippen molar-refractivity contribution in [3.8, 4) is 0 Å². The molecule has 0 spiro atoms. The molecule has 0 bridgehead atoms. The second kappa shape index (κ2) is 6.64. The molecule has 0 radical (unpaired) electrons. The minimum Gasteiger partial charge on any atom is -0.481 e. The Morgan fingerprint density at radius 3 is 2.83 bits per heavy atom. The third-order valence-corrected chi connectivity index (χ3v) is 4.09. The van der Waals surface area contributed by atoms with Crippen LogP contribution in [0.15, 0.2) is 24.3 Å². The molecule has 1 aliphatic heterocycles. The largest absolute Gasteiger partial charge is 0.481 e. The highest BCUT2D eigenvalue weighted by atomic mass is 16.6. The van der Waals surface area contributed by atoms with Gasteiger partial charge in [-0.25, -0.2) is 4.79 Å². The van der Waals surface area contributed by atoms with Crippen LogP contribution in [0, 0.1) is 15.5 Å². The zero-order chi connectivity index (χ0) is 17.0. The second-order valence-electron chi connectivity index (χ2n) is 5.95. The van der Waals surface area contributed by atoms with Crippen LogP contribution >= 0.6 is 0 Å². The van der Waals surface area contributed by atoms with Gasteiger partial charge in [0.1, 0.15) is 0 Å². The SMILES string of the molecule is CC1(C(=O)O)CCN(C(=O)NCCc2cccc([N+](=O)[O-])c2)C1. The summed E-state index contributed by atoms with van der Waals surface area (Å²) in [4.78, 5) is 34.9. The summed E-state index contributed by atoms with van der Waals surface area (Å²) in [7, 11) is 0. The van der Waals surface area contributed by atoms with Crippen LogP contribution in [-0.4, -0.2) is 46.6 Å². The Bertz CT molecular complexity index is 633. The van der Waals surface area contributed by atoms with Crippen molar-refractivity contribution in [2.45, 2.75) is 19.8 Å². The van der Waals surface area contributed by atoms with Gasteiger partial charge in [-0.1, -0.05) is 12.1 Å². The number of carboxylic acids is 1. The molecule has 1 aromatic rings. The Kier molecular flexibility index (Phi) is 4.83. The molecule has 23 heavy (non-hydrogen) atoms. The van der Waals surface area contributed by atoms with Crippen LogP contribution < -0.4 is 5.32 Å². The van der Waals surface area contributed by atoms with E-state index in [0.717, 1.165) is 5.56 Å². The number of nitro groups is 1. The molecule has 8 heteroatoms. The van der Waals surface area contributed by atoms with E-state index in [4.69, 9.17) is 5.11 Å². The number of carboxylic acid groups (broad SMARTS) is 1. The number of rotatable bonds is 5. The first-order valence-electron chi connectivity index (χ1n) is 7.31. The Labute approximate surface area is 133 Å². The lowest BCUT2D eigenvalue weighted by Crippen LogP contribution is -2.41. The molecule has 1 atom stereocenters. The van der Waals surface area contributed by atoms with Crippen molar-refractivity contribution in [3.05, 3.63) is 39.9 Å². The van der Waals surface area contributed by atoms with Crippen LogP contribution in [0.2, 0.25) is 0 Å². The lowest BCUT2D eigenvalue weighted by molar-refractivity contribution is -0.384. The van der Waals surface area contributed by atoms with E-state index >= 15 is 0 Å². The number of carbonyl (C=O) groups excluding carboxylic acids is 1. The fourth-order valence-electron chi connectivity index (χ4n) is 2.56. The summed E-state index contributed by atoms with van der Waals surface area (Å²) in [6, 6.07) is 5.95. The van der Waals surface area contributed by atoms with E-state index in [9.17, 15) is 19.7 Å². The molecule has 0 saturated carbocycles. The van der Waals surface area contributed by atoms with Crippen molar-refractivity contribution >= 4 is 17.7 Å². The first kappa shape index (κ1) is 16.7. The Hall–Kier alpha value is -2.64. The summed E-state index contributed by atoms with van der Waals surface area (Å²) in [5.74, 6) is -0.899. The van der Waals surface area contributed by atoms with Gasteiger partial charge >= 0.3 is 12.0 Å². The van der Waals surface area contributed by atoms with E-state index in [0.29, 0.717) is 25.9 Å². The van der Waals surface area contributed by atoms with E-state index in [1.165, 1.54) is 17.0 Å². The van der Waals surface area contributed by atoms with E-state index < -0.39 is 16.3 Å². The average Bonchev–Trinajstić information content (AvgIpc) is 2.91. The Balaban J connectivity index is 1.83. The topological polar surface area (TPSA) is 113 Å². The molecule has 1 unspecified atom stereocenters. The Morgan fingerprint density at radius 1 is 1.48 bits per heavy atom. The van der Waals surface area contributed by atoms with E-state index in [-0.39, 0.29) is 18.3 Å². The number of hydrogen-bond acceptors (Lipinski definition) is 4. The van der Waals surface area contributed by atoms with Gasteiger partial charge in [0, 0.05) is 31.8 Å². The number of hydrogen-bond donors (Lipinski definition) is 2. The summed E-state index contributed by atoms with van der Waals surface area (Å²) < 4.78 is 0. The molecule has 1 aromatic carbocycles. The maximum atomic E-state index is 12.0. The smallest absolute Gasteiger partial charge is 0.317 e. The minimum atomic E-state index is -0.899. The van der Waals surface area contributed by atoms with Gasteiger partial charge in [-0.2, -0.15) is 0 Å². The van der Waals surface area contributed by atoms with Crippen LogP contribution in [0.3, 0.4) is 0 Å². The highest BCUT2D eigenvalue weighted by molar-refractivity contribution is 5.79. The number of benzene rings is 1. The molecule has 1 heterocycles. The number of non-ortho nitro benzene ring substituents is 1. The number of nitro benzene ring substituents is 1. The molecule has 1 fully saturated rings. The first-order chi connectivity index (χ1) is 10.8. The summed E-state index contributed by atoms with van der Waals surface area (Å²) in [6.07, 6.45) is 0.901. The standard InChI is InChI=1S/C15H19N3O5/c1-15(13(19)20)6-8-17(10-15)14(21)16-7-5-11-3-2-4-12(9-11)18(22)23/h2-4,9H,5-8,10H2,1H3,(H,16,21)(H,19,20). The zero-order valence-electron chi connectivity index (χ0n) is 12.8. The molecule has 8 nitrogen and oxygen atoms in total. The number of aliphatic carboxylic acids is 1. The van der Waals surface area contributed by atoms with Crippen molar-refractivity contribution in [1.29, 1.82) is 0 Å². The van der Waals surface area contributed by atoms with Gasteiger partial charge in [-0.15, -0.1) is 0 Å². The minimum absolute atomic E-state index is 0.0191. The molecule has 2 amide bonds. The van der Waals surface area contributed by atoms with Crippen molar-refractivity contribution in [2.24, 2.45) is 5.41 Å². The number of nitrogens with one attached hydrogen (secondary N) is 1. The molecule has 1 aliphatic rings. The molecular formula is C15H19N3O5. The molecule has 1 saturated heterocycles. The molecule has 124 valence electrons. The highest BCUT2D eigenvalue weighted by Crippen LogP contribution is 2.29. The fraction of sp³-hybridized carbons (Fsp3) is 0.467. The second-order valence-corrected chi connectivity index (χ2v) is 5.95. The predicted molar refractivity (Wildman–Crippen MR) is 82.1 cm³/mol. The average molecular weight is 321 g/mol. The van der Waals surface area contributed by atoms with Crippen molar-refractivity contribution in [3.63, 3.8) is 0 Å². The monoisotopic (exact) mass is 321 g/mol. The van der Waals surface area contributed by atoms with Gasteiger partial charge in [0.2, 0.25) is 0 Å². The van der Waals surface area contributed by atoms with Crippen molar-refractivity contribution < 1.29 is 19.6 Å². The maximum Gasteiger partial charge on any atom is 0.317 e. The third kappa shape index (κ3) is 3.97. The van der Waals surface area contributed by atoms with Crippen molar-refractivity contribution in [1.82, 2.24) is 10.2 Å². The first-order valence-corrected chi connectivity index (χ1v) is 7.31. The highest BCUT2D eigenvalue weighted by Gasteiger charge is 2.42. The summed E-state index contributed by atoms with van der Waals surface area (Å²) >= 11 is 0. The molecule has 2 rings (SSSR count). The predicted octanol–water partition coefficient (Wildman–Crippen LogP) is 1.64. The molecule has 0 aromatic heterocycles. The van der Waals surface area contributed by atoms with Gasteiger partial charge in [0.15, 0.2) is 0 Å². The number of urea groups is 1. The van der Waals surface area contributed by atoms with E-state index in [1.807, 2.05) is 0 Å². The number of nitrogens with zero attached hydrogens (tertiary/aromatic N) is 2. The summed E-state index contributed by atoms with van der Waals surface area (Å²) in [5, 5.41) is 22.6. The van der Waals surface area contributed by atoms with Crippen LogP contribution in [0.5, 0.6) is 0 Å². The summed E-state index contributed by atoms with van der Waals surface area (Å²) in [5.41, 5.74) is -0.112. The lowest BCUT2D eigenvalue weighted by Gasteiger charge is -2.20. The molecule has 2 N–H and O–H groups in total. The van der Waals surface area contributed by atoms with Gasteiger partial charge in [-0.05, 0) is 25.3 Å². The van der Waals surface area contributed by atoms with Crippen molar-refractivity contribution in [2.75, 3.05) is 19.6 Å². The quantitative estimate of drug-likeness (QED) is 0.632. The number of amides is 2. The van der Waals surface area contributed by atoms with E-state index in [2.05, 4.69) is 5.32 Å². The van der Waals surface area contributed by atoms with E-state index in [1.54, 1.807) is 19.1 Å². The van der Waals surface area contributed by atoms with Crippen LogP contribution in [0.1, 0.15) is 18.9 Å². The normalized spacial score (nSPS) is 20.3. The van der Waals surface area contributed by atoms with Gasteiger partial charge in [0.25, 0.3) is 5.69 Å². The maximum absolute atomic E-state index is 12.0. The van der Waals surface area contributed by atoms with Crippen LogP contribution in [-0.2, 0) is 11.2 Å². The summed E-state index contributed by atoms with van der Waals surface area (Å²) in [6.45, 7) is 2.56. The molecular weight excluding hydrogens is 302 g/mol. The van der Waals surface area contributed by atoms with Crippen LogP contribution in [0.4, 0.5) is 10.5 Å². The third-order valence-electron chi connectivity index (χ3n) is 4.09. The number of carbonyl (C=O) groups is 2. The fourth-order valence-corrected chi connectivity index (χ4v) is 2.56. The Morgan fingerprint density at radius 2 is 2.22 bits per heavy atom. The molecule has 0 aliphatic carbocycles. The van der Waals surface area contributed by atoms with Gasteiger partial charge in [-0.3, -0.25) is 14.9 Å². The van der Waals surface area contributed by atoms with Gasteiger partial charge < -0.3 is 15.3 Å². The number of likely N-dealkylation sites (tertiary alicyclic amines) is 1. The van der Waals surface area contributed by atoms with Crippen LogP contribution in [0.25, 0.3) is 0 Å².